The van der Waals surface area contributed by atoms with E-state index >= 15 is 0 Å². The zero-order valence-electron chi connectivity index (χ0n) is 22.3. The van der Waals surface area contributed by atoms with Gasteiger partial charge in [0.15, 0.2) is 0 Å². The first-order valence-electron chi connectivity index (χ1n) is 12.9. The summed E-state index contributed by atoms with van der Waals surface area (Å²) in [4.78, 5) is 28.7. The number of rotatable bonds is 11. The smallest absolute Gasteiger partial charge is 0.244 e. The predicted molar refractivity (Wildman–Crippen MR) is 146 cm³/mol. The maximum absolute atomic E-state index is 13.8. The lowest BCUT2D eigenvalue weighted by Gasteiger charge is -2.34. The van der Waals surface area contributed by atoms with Gasteiger partial charge in [-0.1, -0.05) is 50.5 Å². The average Bonchev–Trinajstić information content (AvgIpc) is 2.87. The Hall–Kier alpha value is -3.07. The Kier molecular flexibility index (Phi) is 9.97. The maximum Gasteiger partial charge on any atom is 0.244 e. The molecule has 1 N–H and O–H groups in total. The van der Waals surface area contributed by atoms with E-state index in [1.54, 1.807) is 37.4 Å². The number of sulfonamides is 1. The minimum atomic E-state index is -3.75. The van der Waals surface area contributed by atoms with Crippen LogP contribution >= 0.6 is 0 Å². The van der Waals surface area contributed by atoms with Gasteiger partial charge in [-0.05, 0) is 61.6 Å². The number of carbonyl (C=O) groups excluding carboxylic acids is 2. The van der Waals surface area contributed by atoms with Crippen LogP contribution in [0.5, 0.6) is 5.75 Å². The predicted octanol–water partition coefficient (Wildman–Crippen LogP) is 4.03. The normalized spacial score (nSPS) is 15.0. The number of aryl methyl sites for hydroxylation is 1. The van der Waals surface area contributed by atoms with Gasteiger partial charge in [-0.25, -0.2) is 8.42 Å². The molecule has 1 aliphatic carbocycles. The molecule has 2 aromatic rings. The highest BCUT2D eigenvalue weighted by atomic mass is 32.2. The molecule has 0 aromatic heterocycles. The van der Waals surface area contributed by atoms with Crippen molar-refractivity contribution in [1.29, 1.82) is 0 Å². The van der Waals surface area contributed by atoms with Gasteiger partial charge in [0.25, 0.3) is 0 Å². The molecule has 1 saturated carbocycles. The van der Waals surface area contributed by atoms with Crippen LogP contribution in [0.4, 0.5) is 5.69 Å². The lowest BCUT2D eigenvalue weighted by molar-refractivity contribution is -0.140. The fourth-order valence-electron chi connectivity index (χ4n) is 4.79. The molecule has 37 heavy (non-hydrogen) atoms. The summed E-state index contributed by atoms with van der Waals surface area (Å²) in [5.74, 6) is 0.0533. The Balaban J connectivity index is 1.91. The van der Waals surface area contributed by atoms with E-state index in [2.05, 4.69) is 5.32 Å². The van der Waals surface area contributed by atoms with Gasteiger partial charge in [-0.2, -0.15) is 0 Å². The van der Waals surface area contributed by atoms with Crippen molar-refractivity contribution in [2.24, 2.45) is 0 Å². The van der Waals surface area contributed by atoms with E-state index in [-0.39, 0.29) is 18.5 Å². The highest BCUT2D eigenvalue weighted by Crippen LogP contribution is 2.22. The van der Waals surface area contributed by atoms with E-state index in [9.17, 15) is 18.0 Å². The quantitative estimate of drug-likeness (QED) is 0.474. The number of nitrogens with zero attached hydrogens (tertiary/aromatic N) is 2. The van der Waals surface area contributed by atoms with Crippen molar-refractivity contribution in [3.8, 4) is 5.75 Å². The third-order valence-corrected chi connectivity index (χ3v) is 7.96. The fourth-order valence-corrected chi connectivity index (χ4v) is 5.63. The molecule has 9 heteroatoms. The first kappa shape index (κ1) is 28.5. The Morgan fingerprint density at radius 1 is 1.08 bits per heavy atom. The zero-order valence-corrected chi connectivity index (χ0v) is 23.1. The van der Waals surface area contributed by atoms with Gasteiger partial charge in [0, 0.05) is 12.6 Å². The molecule has 1 unspecified atom stereocenters. The Morgan fingerprint density at radius 2 is 1.76 bits per heavy atom. The molecule has 1 aliphatic rings. The topological polar surface area (TPSA) is 96.0 Å². The second kappa shape index (κ2) is 12.9. The Morgan fingerprint density at radius 3 is 2.32 bits per heavy atom. The van der Waals surface area contributed by atoms with Gasteiger partial charge in [-0.15, -0.1) is 0 Å². The van der Waals surface area contributed by atoms with Crippen LogP contribution in [0, 0.1) is 6.92 Å². The van der Waals surface area contributed by atoms with Crippen molar-refractivity contribution < 1.29 is 22.7 Å². The highest BCUT2D eigenvalue weighted by molar-refractivity contribution is 7.92. The monoisotopic (exact) mass is 529 g/mol. The number of hydrogen-bond donors (Lipinski definition) is 1. The van der Waals surface area contributed by atoms with Crippen molar-refractivity contribution >= 4 is 27.5 Å². The van der Waals surface area contributed by atoms with Gasteiger partial charge in [0.1, 0.15) is 18.3 Å². The third-order valence-electron chi connectivity index (χ3n) is 6.82. The second-order valence-corrected chi connectivity index (χ2v) is 11.7. The van der Waals surface area contributed by atoms with Crippen LogP contribution in [0.25, 0.3) is 0 Å². The third kappa shape index (κ3) is 7.95. The summed E-state index contributed by atoms with van der Waals surface area (Å²) in [6.07, 6.45) is 6.69. The number of anilines is 1. The van der Waals surface area contributed by atoms with E-state index in [0.717, 1.165) is 47.4 Å². The number of carbonyl (C=O) groups is 2. The second-order valence-electron chi connectivity index (χ2n) is 9.75. The van der Waals surface area contributed by atoms with Gasteiger partial charge < -0.3 is 15.0 Å². The average molecular weight is 530 g/mol. The van der Waals surface area contributed by atoms with Crippen LogP contribution < -0.4 is 14.4 Å². The molecule has 0 spiro atoms. The van der Waals surface area contributed by atoms with E-state index < -0.39 is 28.5 Å². The van der Waals surface area contributed by atoms with Crippen molar-refractivity contribution in [2.75, 3.05) is 24.2 Å². The van der Waals surface area contributed by atoms with Crippen molar-refractivity contribution in [3.05, 3.63) is 59.7 Å². The summed E-state index contributed by atoms with van der Waals surface area (Å²) in [6.45, 7) is 3.51. The summed E-state index contributed by atoms with van der Waals surface area (Å²) >= 11 is 0. The number of hydrogen-bond acceptors (Lipinski definition) is 5. The minimum Gasteiger partial charge on any atom is -0.497 e. The van der Waals surface area contributed by atoms with Crippen molar-refractivity contribution in [2.45, 2.75) is 71.0 Å². The molecule has 1 atom stereocenters. The first-order chi connectivity index (χ1) is 17.6. The van der Waals surface area contributed by atoms with E-state index in [1.807, 2.05) is 32.0 Å². The van der Waals surface area contributed by atoms with Gasteiger partial charge >= 0.3 is 0 Å². The number of methoxy groups -OCH3 is 1. The van der Waals surface area contributed by atoms with Crippen LogP contribution in [0.15, 0.2) is 48.5 Å². The minimum absolute atomic E-state index is 0.105. The SMILES string of the molecule is CCC(C(=O)NC1CCCCC1)N(Cc1ccc(OC)cc1)C(=O)CN(c1cccc(C)c1)S(C)(=O)=O. The molecule has 0 heterocycles. The standard InChI is InChI=1S/C28H39N3O5S/c1-5-26(28(33)29-23-11-7-6-8-12-23)30(19-22-14-16-25(36-3)17-15-22)27(32)20-31(37(4,34)35)24-13-9-10-21(2)18-24/h9-10,13-18,23,26H,5-8,11-12,19-20H2,1-4H3,(H,29,33). The molecule has 2 aromatic carbocycles. The molecular formula is C28H39N3O5S. The highest BCUT2D eigenvalue weighted by Gasteiger charge is 2.32. The van der Waals surface area contributed by atoms with Crippen LogP contribution in [0.1, 0.15) is 56.6 Å². The summed E-state index contributed by atoms with van der Waals surface area (Å²) in [5, 5.41) is 3.15. The summed E-state index contributed by atoms with van der Waals surface area (Å²) in [7, 11) is -2.17. The van der Waals surface area contributed by atoms with Gasteiger partial charge in [-0.3, -0.25) is 13.9 Å². The Bertz CT molecular complexity index is 1160. The van der Waals surface area contributed by atoms with Crippen LogP contribution in [-0.2, 0) is 26.2 Å². The lowest BCUT2D eigenvalue weighted by Crippen LogP contribution is -2.53. The van der Waals surface area contributed by atoms with Crippen molar-refractivity contribution in [1.82, 2.24) is 10.2 Å². The van der Waals surface area contributed by atoms with Gasteiger partial charge in [0.2, 0.25) is 21.8 Å². The molecule has 0 aliphatic heterocycles. The first-order valence-corrected chi connectivity index (χ1v) is 14.7. The number of amides is 2. The largest absolute Gasteiger partial charge is 0.497 e. The Labute approximate surface area is 221 Å². The van der Waals surface area contributed by atoms with E-state index in [4.69, 9.17) is 4.74 Å². The molecule has 0 saturated heterocycles. The van der Waals surface area contributed by atoms with Crippen LogP contribution in [-0.4, -0.2) is 57.1 Å². The number of benzene rings is 2. The molecular weight excluding hydrogens is 490 g/mol. The zero-order chi connectivity index (χ0) is 27.0. The number of ether oxygens (including phenoxy) is 1. The van der Waals surface area contributed by atoms with E-state index in [1.165, 1.54) is 11.3 Å². The fraction of sp³-hybridized carbons (Fsp3) is 0.500. The van der Waals surface area contributed by atoms with E-state index in [0.29, 0.717) is 17.9 Å². The molecule has 1 fully saturated rings. The molecule has 0 radical (unpaired) electrons. The number of nitrogens with one attached hydrogen (secondary N) is 1. The summed E-state index contributed by atoms with van der Waals surface area (Å²) < 4.78 is 31.8. The van der Waals surface area contributed by atoms with Gasteiger partial charge in [0.05, 0.1) is 19.1 Å². The molecule has 2 amide bonds. The summed E-state index contributed by atoms with van der Waals surface area (Å²) in [6, 6.07) is 13.7. The van der Waals surface area contributed by atoms with Crippen LogP contribution in [0.3, 0.4) is 0 Å². The molecule has 3 rings (SSSR count). The lowest BCUT2D eigenvalue weighted by atomic mass is 9.95. The van der Waals surface area contributed by atoms with Crippen LogP contribution in [0.2, 0.25) is 0 Å². The van der Waals surface area contributed by atoms with Crippen molar-refractivity contribution in [3.63, 3.8) is 0 Å². The summed E-state index contributed by atoms with van der Waals surface area (Å²) in [5.41, 5.74) is 2.12. The molecule has 202 valence electrons. The maximum atomic E-state index is 13.8. The molecule has 0 bridgehead atoms. The molecule has 8 nitrogen and oxygen atoms in total.